The summed E-state index contributed by atoms with van der Waals surface area (Å²) in [6.45, 7) is 2.29. The maximum Gasteiger partial charge on any atom is 0.253 e. The summed E-state index contributed by atoms with van der Waals surface area (Å²) in [5.41, 5.74) is 12.0. The number of amides is 2. The zero-order chi connectivity index (χ0) is 27.5. The van der Waals surface area contributed by atoms with Gasteiger partial charge in [-0.05, 0) is 56.8 Å². The van der Waals surface area contributed by atoms with Crippen molar-refractivity contribution in [3.63, 3.8) is 0 Å². The first-order chi connectivity index (χ1) is 18.8. The van der Waals surface area contributed by atoms with Crippen molar-refractivity contribution in [2.75, 3.05) is 44.8 Å². The molecule has 0 atom stereocenters. The Balaban J connectivity index is 1.55. The fraction of sp³-hybridized carbons (Fsp3) is 0.267. The Bertz CT molecular complexity index is 1550. The van der Waals surface area contributed by atoms with Gasteiger partial charge in [0, 0.05) is 55.1 Å². The fourth-order valence-electron chi connectivity index (χ4n) is 5.08. The summed E-state index contributed by atoms with van der Waals surface area (Å²) in [6.07, 6.45) is 6.92. The Morgan fingerprint density at radius 3 is 2.51 bits per heavy atom. The summed E-state index contributed by atoms with van der Waals surface area (Å²) in [6, 6.07) is 15.3. The molecule has 3 heterocycles. The minimum atomic E-state index is -0.195. The van der Waals surface area contributed by atoms with Gasteiger partial charge in [0.15, 0.2) is 0 Å². The number of nitrogens with two attached hydrogens (primary N) is 1. The average molecular weight is 524 g/mol. The van der Waals surface area contributed by atoms with Crippen LogP contribution in [0.5, 0.6) is 0 Å². The van der Waals surface area contributed by atoms with Crippen molar-refractivity contribution >= 4 is 34.4 Å². The lowest BCUT2D eigenvalue weighted by Gasteiger charge is -2.15. The predicted molar refractivity (Wildman–Crippen MR) is 155 cm³/mol. The summed E-state index contributed by atoms with van der Waals surface area (Å²) < 4.78 is 1.99. The first-order valence-electron chi connectivity index (χ1n) is 13.0. The normalized spacial score (nSPS) is 13.6. The third-order valence-corrected chi connectivity index (χ3v) is 6.95. The minimum absolute atomic E-state index is 0.0584. The molecule has 1 fully saturated rings. The highest BCUT2D eigenvalue weighted by atomic mass is 16.2. The van der Waals surface area contributed by atoms with E-state index in [1.165, 1.54) is 12.4 Å². The molecule has 0 radical (unpaired) electrons. The van der Waals surface area contributed by atoms with Crippen molar-refractivity contribution in [3.05, 3.63) is 72.6 Å². The highest BCUT2D eigenvalue weighted by molar-refractivity contribution is 6.08. The van der Waals surface area contributed by atoms with E-state index < -0.39 is 0 Å². The number of nitrogens with one attached hydrogen (secondary N) is 1. The van der Waals surface area contributed by atoms with Crippen LogP contribution < -0.4 is 11.1 Å². The molecule has 9 nitrogen and oxygen atoms in total. The topological polar surface area (TPSA) is 109 Å². The van der Waals surface area contributed by atoms with Crippen LogP contribution >= 0.6 is 0 Å². The molecule has 0 saturated carbocycles. The second kappa shape index (κ2) is 11.1. The van der Waals surface area contributed by atoms with Crippen molar-refractivity contribution in [2.24, 2.45) is 7.05 Å². The zero-order valence-corrected chi connectivity index (χ0v) is 22.5. The third kappa shape index (κ3) is 5.39. The van der Waals surface area contributed by atoms with Gasteiger partial charge in [0.05, 0.1) is 11.1 Å². The summed E-state index contributed by atoms with van der Waals surface area (Å²) >= 11 is 0. The number of nitrogens with zero attached hydrogens (tertiary/aromatic N) is 5. The summed E-state index contributed by atoms with van der Waals surface area (Å²) in [5.74, 6) is 0.243. The predicted octanol–water partition coefficient (Wildman–Crippen LogP) is 4.18. The van der Waals surface area contributed by atoms with Gasteiger partial charge in [-0.15, -0.1) is 0 Å². The van der Waals surface area contributed by atoms with Crippen LogP contribution in [0.1, 0.15) is 23.2 Å². The van der Waals surface area contributed by atoms with Crippen molar-refractivity contribution < 1.29 is 9.59 Å². The number of hydrogen-bond donors (Lipinski definition) is 2. The molecular formula is C30H33N7O2. The molecule has 1 aliphatic heterocycles. The lowest BCUT2D eigenvalue weighted by molar-refractivity contribution is -0.111. The molecule has 0 bridgehead atoms. The van der Waals surface area contributed by atoms with E-state index in [4.69, 9.17) is 5.73 Å². The molecule has 200 valence electrons. The highest BCUT2D eigenvalue weighted by Crippen LogP contribution is 2.42. The van der Waals surface area contributed by atoms with Gasteiger partial charge in [-0.3, -0.25) is 9.59 Å². The first-order valence-corrected chi connectivity index (χ1v) is 13.0. The van der Waals surface area contributed by atoms with Crippen LogP contribution in [0.15, 0.2) is 67.0 Å². The van der Waals surface area contributed by atoms with Gasteiger partial charge in [0.25, 0.3) is 5.91 Å². The second-order valence-corrected chi connectivity index (χ2v) is 10.1. The molecule has 39 heavy (non-hydrogen) atoms. The van der Waals surface area contributed by atoms with Gasteiger partial charge < -0.3 is 25.4 Å². The summed E-state index contributed by atoms with van der Waals surface area (Å²) in [7, 11) is 5.83. The zero-order valence-electron chi connectivity index (χ0n) is 22.5. The van der Waals surface area contributed by atoms with Gasteiger partial charge in [-0.1, -0.05) is 30.3 Å². The number of carbonyl (C=O) groups excluding carboxylic acids is 2. The lowest BCUT2D eigenvalue weighted by atomic mass is 9.97. The molecule has 4 aromatic rings. The molecule has 0 spiro atoms. The number of fused-ring (bicyclic) bond motifs is 1. The fourth-order valence-corrected chi connectivity index (χ4v) is 5.08. The smallest absolute Gasteiger partial charge is 0.253 e. The summed E-state index contributed by atoms with van der Waals surface area (Å²) in [5, 5.41) is 3.69. The van der Waals surface area contributed by atoms with Gasteiger partial charge in [0.2, 0.25) is 5.91 Å². The molecule has 3 N–H and O–H groups in total. The molecular weight excluding hydrogens is 490 g/mol. The Morgan fingerprint density at radius 1 is 1.05 bits per heavy atom. The average Bonchev–Trinajstić information content (AvgIpc) is 3.56. The first kappa shape index (κ1) is 26.1. The number of hydrogen-bond acceptors (Lipinski definition) is 6. The van der Waals surface area contributed by atoms with Crippen molar-refractivity contribution in [1.29, 1.82) is 0 Å². The van der Waals surface area contributed by atoms with E-state index in [1.807, 2.05) is 90.1 Å². The van der Waals surface area contributed by atoms with Crippen LogP contribution in [-0.4, -0.2) is 69.9 Å². The molecule has 2 amide bonds. The third-order valence-electron chi connectivity index (χ3n) is 6.95. The molecule has 2 aromatic heterocycles. The Morgan fingerprint density at radius 2 is 1.79 bits per heavy atom. The molecule has 1 aliphatic rings. The van der Waals surface area contributed by atoms with Gasteiger partial charge in [-0.2, -0.15) is 0 Å². The monoisotopic (exact) mass is 523 g/mol. The number of anilines is 2. The van der Waals surface area contributed by atoms with Crippen LogP contribution in [0.25, 0.3) is 33.4 Å². The minimum Gasteiger partial charge on any atom is -0.383 e. The number of benzene rings is 2. The van der Waals surface area contributed by atoms with E-state index in [2.05, 4.69) is 15.3 Å². The van der Waals surface area contributed by atoms with Crippen LogP contribution in [0.2, 0.25) is 0 Å². The van der Waals surface area contributed by atoms with Crippen LogP contribution in [0.4, 0.5) is 11.5 Å². The van der Waals surface area contributed by atoms with Crippen molar-refractivity contribution in [1.82, 2.24) is 24.3 Å². The largest absolute Gasteiger partial charge is 0.383 e. The SMILES string of the molecule is CN(C)C/C=C/C(=O)Nc1cccc(-c2c(-c3ccc(C(=O)N4CCCC4)cc3)c3c(N)ncnc3n2C)c1. The Kier molecular flexibility index (Phi) is 7.42. The van der Waals surface area contributed by atoms with E-state index in [1.54, 1.807) is 0 Å². The van der Waals surface area contributed by atoms with Crippen LogP contribution in [-0.2, 0) is 11.8 Å². The van der Waals surface area contributed by atoms with Crippen molar-refractivity contribution in [3.8, 4) is 22.4 Å². The number of nitrogen functional groups attached to an aromatic ring is 1. The number of aromatic nitrogens is 3. The Labute approximate surface area is 228 Å². The van der Waals surface area contributed by atoms with Gasteiger partial charge in [0.1, 0.15) is 17.8 Å². The van der Waals surface area contributed by atoms with Gasteiger partial charge in [-0.25, -0.2) is 9.97 Å². The molecule has 2 aromatic carbocycles. The highest BCUT2D eigenvalue weighted by Gasteiger charge is 2.23. The molecule has 0 aliphatic carbocycles. The molecule has 5 rings (SSSR count). The van der Waals surface area contributed by atoms with Crippen LogP contribution in [0, 0.1) is 0 Å². The quantitative estimate of drug-likeness (QED) is 0.352. The van der Waals surface area contributed by atoms with E-state index in [-0.39, 0.29) is 11.8 Å². The molecule has 0 unspecified atom stereocenters. The maximum atomic E-state index is 12.9. The van der Waals surface area contributed by atoms with Crippen molar-refractivity contribution in [2.45, 2.75) is 12.8 Å². The lowest BCUT2D eigenvalue weighted by Crippen LogP contribution is -2.27. The van der Waals surface area contributed by atoms with Crippen LogP contribution in [0.3, 0.4) is 0 Å². The number of aryl methyl sites for hydroxylation is 1. The van der Waals surface area contributed by atoms with E-state index in [0.29, 0.717) is 29.3 Å². The van der Waals surface area contributed by atoms with E-state index in [9.17, 15) is 9.59 Å². The maximum absolute atomic E-state index is 12.9. The van der Waals surface area contributed by atoms with E-state index >= 15 is 0 Å². The second-order valence-electron chi connectivity index (χ2n) is 10.1. The number of carbonyl (C=O) groups is 2. The van der Waals surface area contributed by atoms with Gasteiger partial charge >= 0.3 is 0 Å². The number of rotatable bonds is 7. The molecule has 1 saturated heterocycles. The standard InChI is InChI=1S/C30H33N7O2/c1-35(2)15-7-10-24(38)34-23-9-6-8-22(18-23)27-25(26-28(31)32-19-33-29(26)36(27)3)20-11-13-21(14-12-20)30(39)37-16-4-5-17-37/h6-14,18-19H,4-5,15-17H2,1-3H3,(H,34,38)(H2,31,32,33)/b10-7+. The molecule has 9 heteroatoms. The van der Waals surface area contributed by atoms with E-state index in [0.717, 1.165) is 53.7 Å². The Hall–Kier alpha value is -4.50. The number of likely N-dealkylation sites (N-methyl/N-ethyl adjacent to an activating group) is 1. The number of likely N-dealkylation sites (tertiary alicyclic amines) is 1. The summed E-state index contributed by atoms with van der Waals surface area (Å²) in [4.78, 5) is 38.1.